The molecule has 2 aliphatic rings. The Morgan fingerprint density at radius 3 is 2.50 bits per heavy atom. The van der Waals surface area contributed by atoms with Crippen molar-refractivity contribution in [3.05, 3.63) is 0 Å². The first-order chi connectivity index (χ1) is 8.54. The van der Waals surface area contributed by atoms with Gasteiger partial charge in [0.15, 0.2) is 0 Å². The summed E-state index contributed by atoms with van der Waals surface area (Å²) in [5.41, 5.74) is 0. The molecule has 0 bridgehead atoms. The van der Waals surface area contributed by atoms with Gasteiger partial charge in [-0.25, -0.2) is 0 Å². The predicted molar refractivity (Wildman–Crippen MR) is 69.9 cm³/mol. The van der Waals surface area contributed by atoms with Crippen molar-refractivity contribution in [1.29, 1.82) is 0 Å². The molecule has 2 rings (SSSR count). The van der Waals surface area contributed by atoms with E-state index in [0.29, 0.717) is 0 Å². The minimum Gasteiger partial charge on any atom is -0.345 e. The molecule has 2 atom stereocenters. The number of hydrogen-bond donors (Lipinski definition) is 1. The lowest BCUT2D eigenvalue weighted by Crippen LogP contribution is -2.63. The van der Waals surface area contributed by atoms with Gasteiger partial charge in [0.1, 0.15) is 6.04 Å². The smallest absolute Gasteiger partial charge is 0.243 e. The quantitative estimate of drug-likeness (QED) is 0.807. The van der Waals surface area contributed by atoms with Gasteiger partial charge in [0.05, 0.1) is 6.54 Å². The van der Waals surface area contributed by atoms with Crippen LogP contribution < -0.4 is 5.32 Å². The lowest BCUT2D eigenvalue weighted by atomic mass is 9.94. The van der Waals surface area contributed by atoms with Gasteiger partial charge in [0.25, 0.3) is 0 Å². The summed E-state index contributed by atoms with van der Waals surface area (Å²) in [5, 5.41) is 2.71. The Hall–Kier alpha value is -1.06. The van der Waals surface area contributed by atoms with Crippen molar-refractivity contribution >= 4 is 11.8 Å². The average Bonchev–Trinajstić information content (AvgIpc) is 3.12. The Labute approximate surface area is 109 Å². The lowest BCUT2D eigenvalue weighted by Gasteiger charge is -2.42. The fourth-order valence-electron chi connectivity index (χ4n) is 2.91. The van der Waals surface area contributed by atoms with Crippen LogP contribution in [0, 0.1) is 11.8 Å². The number of piperazine rings is 1. The summed E-state index contributed by atoms with van der Waals surface area (Å²) in [7, 11) is 0. The second-order valence-electron chi connectivity index (χ2n) is 5.95. The molecule has 0 aromatic carbocycles. The van der Waals surface area contributed by atoms with Crippen molar-refractivity contribution in [2.24, 2.45) is 11.8 Å². The van der Waals surface area contributed by atoms with Crippen LogP contribution in [-0.2, 0) is 9.59 Å². The van der Waals surface area contributed by atoms with Gasteiger partial charge in [-0.05, 0) is 24.7 Å². The fourth-order valence-corrected chi connectivity index (χ4v) is 2.91. The summed E-state index contributed by atoms with van der Waals surface area (Å²) in [6.45, 7) is 6.31. The van der Waals surface area contributed by atoms with Crippen LogP contribution in [0.4, 0.5) is 0 Å². The molecule has 4 heteroatoms. The monoisotopic (exact) mass is 252 g/mol. The summed E-state index contributed by atoms with van der Waals surface area (Å²) >= 11 is 0. The van der Waals surface area contributed by atoms with E-state index < -0.39 is 0 Å². The molecule has 1 aliphatic heterocycles. The SMILES string of the molecule is CCC(CC1CC1)N1C(=O)CNC(=O)C1C(C)C. The van der Waals surface area contributed by atoms with Gasteiger partial charge in [-0.1, -0.05) is 33.6 Å². The van der Waals surface area contributed by atoms with E-state index in [2.05, 4.69) is 12.2 Å². The summed E-state index contributed by atoms with van der Waals surface area (Å²) < 4.78 is 0. The van der Waals surface area contributed by atoms with E-state index in [-0.39, 0.29) is 36.4 Å². The molecule has 102 valence electrons. The largest absolute Gasteiger partial charge is 0.345 e. The third-order valence-corrected chi connectivity index (χ3v) is 4.07. The van der Waals surface area contributed by atoms with Crippen LogP contribution in [0.15, 0.2) is 0 Å². The summed E-state index contributed by atoms with van der Waals surface area (Å²) in [4.78, 5) is 26.1. The molecule has 0 spiro atoms. The van der Waals surface area contributed by atoms with Gasteiger partial charge in [0, 0.05) is 6.04 Å². The van der Waals surface area contributed by atoms with Crippen LogP contribution in [-0.4, -0.2) is 35.3 Å². The number of carbonyl (C=O) groups excluding carboxylic acids is 2. The number of amides is 2. The third kappa shape index (κ3) is 2.68. The number of nitrogens with one attached hydrogen (secondary N) is 1. The van der Waals surface area contributed by atoms with Crippen molar-refractivity contribution in [2.45, 2.75) is 58.5 Å². The van der Waals surface area contributed by atoms with E-state index in [1.807, 2.05) is 18.7 Å². The van der Waals surface area contributed by atoms with Gasteiger partial charge in [-0.2, -0.15) is 0 Å². The standard InChI is InChI=1S/C14H24N2O2/c1-4-11(7-10-5-6-10)16-12(17)8-15-14(18)13(16)9(2)3/h9-11,13H,4-8H2,1-3H3,(H,15,18). The van der Waals surface area contributed by atoms with Crippen molar-refractivity contribution < 1.29 is 9.59 Å². The molecule has 1 aliphatic carbocycles. The van der Waals surface area contributed by atoms with E-state index in [9.17, 15) is 9.59 Å². The second kappa shape index (κ2) is 5.29. The molecule has 0 radical (unpaired) electrons. The highest BCUT2D eigenvalue weighted by Gasteiger charge is 2.41. The second-order valence-corrected chi connectivity index (χ2v) is 5.95. The highest BCUT2D eigenvalue weighted by molar-refractivity contribution is 5.95. The number of hydrogen-bond acceptors (Lipinski definition) is 2. The molecule has 4 nitrogen and oxygen atoms in total. The highest BCUT2D eigenvalue weighted by atomic mass is 16.2. The fraction of sp³-hybridized carbons (Fsp3) is 0.857. The van der Waals surface area contributed by atoms with Crippen molar-refractivity contribution in [3.63, 3.8) is 0 Å². The van der Waals surface area contributed by atoms with E-state index in [4.69, 9.17) is 0 Å². The Balaban J connectivity index is 2.16. The zero-order valence-electron chi connectivity index (χ0n) is 11.6. The number of carbonyl (C=O) groups is 2. The van der Waals surface area contributed by atoms with E-state index >= 15 is 0 Å². The molecule has 1 heterocycles. The lowest BCUT2D eigenvalue weighted by molar-refractivity contribution is -0.150. The Morgan fingerprint density at radius 1 is 1.33 bits per heavy atom. The normalized spacial score (nSPS) is 26.4. The van der Waals surface area contributed by atoms with Crippen LogP contribution in [0.3, 0.4) is 0 Å². The molecular formula is C14H24N2O2. The zero-order valence-corrected chi connectivity index (χ0v) is 11.6. The molecule has 0 aromatic heterocycles. The first-order valence-electron chi connectivity index (χ1n) is 7.13. The molecule has 1 saturated heterocycles. The first kappa shape index (κ1) is 13.4. The van der Waals surface area contributed by atoms with Crippen molar-refractivity contribution in [1.82, 2.24) is 10.2 Å². The van der Waals surface area contributed by atoms with Gasteiger partial charge >= 0.3 is 0 Å². The topological polar surface area (TPSA) is 49.4 Å². The Bertz CT molecular complexity index is 337. The Kier molecular flexibility index (Phi) is 3.93. The van der Waals surface area contributed by atoms with Crippen LogP contribution >= 0.6 is 0 Å². The van der Waals surface area contributed by atoms with E-state index in [1.54, 1.807) is 0 Å². The zero-order chi connectivity index (χ0) is 13.3. The summed E-state index contributed by atoms with van der Waals surface area (Å²) in [6.07, 6.45) is 4.59. The number of nitrogens with zero attached hydrogens (tertiary/aromatic N) is 1. The van der Waals surface area contributed by atoms with Crippen LogP contribution in [0.5, 0.6) is 0 Å². The highest BCUT2D eigenvalue weighted by Crippen LogP contribution is 2.36. The van der Waals surface area contributed by atoms with Crippen molar-refractivity contribution in [2.75, 3.05) is 6.54 Å². The first-order valence-corrected chi connectivity index (χ1v) is 7.13. The average molecular weight is 252 g/mol. The number of rotatable bonds is 5. The maximum absolute atomic E-state index is 12.2. The van der Waals surface area contributed by atoms with Crippen LogP contribution in [0.2, 0.25) is 0 Å². The molecule has 2 unspecified atom stereocenters. The van der Waals surface area contributed by atoms with Gasteiger partial charge < -0.3 is 10.2 Å². The van der Waals surface area contributed by atoms with Crippen LogP contribution in [0.25, 0.3) is 0 Å². The van der Waals surface area contributed by atoms with E-state index in [0.717, 1.165) is 18.8 Å². The molecular weight excluding hydrogens is 228 g/mol. The molecule has 1 N–H and O–H groups in total. The van der Waals surface area contributed by atoms with Gasteiger partial charge in [-0.3, -0.25) is 9.59 Å². The maximum Gasteiger partial charge on any atom is 0.243 e. The van der Waals surface area contributed by atoms with Crippen LogP contribution in [0.1, 0.15) is 46.5 Å². The van der Waals surface area contributed by atoms with Crippen molar-refractivity contribution in [3.8, 4) is 0 Å². The minimum absolute atomic E-state index is 0.0128. The van der Waals surface area contributed by atoms with E-state index in [1.165, 1.54) is 12.8 Å². The Morgan fingerprint density at radius 2 is 2.00 bits per heavy atom. The summed E-state index contributed by atoms with van der Waals surface area (Å²) in [5.74, 6) is 1.04. The summed E-state index contributed by atoms with van der Waals surface area (Å²) in [6, 6.07) is -0.0431. The minimum atomic E-state index is -0.282. The molecule has 2 amide bonds. The molecule has 2 fully saturated rings. The molecule has 0 aromatic rings. The van der Waals surface area contributed by atoms with Gasteiger partial charge in [0.2, 0.25) is 11.8 Å². The maximum atomic E-state index is 12.2. The molecule has 18 heavy (non-hydrogen) atoms. The third-order valence-electron chi connectivity index (χ3n) is 4.07. The molecule has 1 saturated carbocycles. The predicted octanol–water partition coefficient (Wildman–Crippen LogP) is 1.55. The van der Waals surface area contributed by atoms with Gasteiger partial charge in [-0.15, -0.1) is 0 Å².